The summed E-state index contributed by atoms with van der Waals surface area (Å²) >= 11 is 0. The monoisotopic (exact) mass is 395 g/mol. The predicted octanol–water partition coefficient (Wildman–Crippen LogP) is 1.88. The molecule has 1 atom stereocenters. The molecule has 0 spiro atoms. The molecular formula is C17H25N5O4S. The Hall–Kier alpha value is -2.20. The van der Waals surface area contributed by atoms with E-state index < -0.39 is 10.0 Å². The Labute approximate surface area is 159 Å². The molecule has 1 unspecified atom stereocenters. The number of aromatic nitrogens is 4. The van der Waals surface area contributed by atoms with Gasteiger partial charge in [-0.1, -0.05) is 6.92 Å². The lowest BCUT2D eigenvalue weighted by molar-refractivity contribution is 0.278. The zero-order valence-electron chi connectivity index (χ0n) is 15.8. The molecule has 1 aromatic heterocycles. The standard InChI is InChI=1S/C17H25N5O4S/c1-4-25-15-10-17(27(23,24)21-8-6-7-13(3)11-21)16(26-5-2)9-14(15)22-12-18-19-20-22/h9-10,12-13H,4-8,11H2,1-3H3. The van der Waals surface area contributed by atoms with Crippen LogP contribution in [0.1, 0.15) is 33.6 Å². The summed E-state index contributed by atoms with van der Waals surface area (Å²) in [7, 11) is -3.71. The highest BCUT2D eigenvalue weighted by Crippen LogP contribution is 2.37. The first-order valence-electron chi connectivity index (χ1n) is 9.14. The van der Waals surface area contributed by atoms with Crippen LogP contribution in [0.5, 0.6) is 11.5 Å². The maximum atomic E-state index is 13.3. The van der Waals surface area contributed by atoms with Crippen molar-refractivity contribution in [1.29, 1.82) is 0 Å². The molecule has 0 bridgehead atoms. The molecule has 1 aromatic carbocycles. The van der Waals surface area contributed by atoms with Crippen LogP contribution in [0, 0.1) is 5.92 Å². The first-order chi connectivity index (χ1) is 13.0. The van der Waals surface area contributed by atoms with Gasteiger partial charge in [-0.2, -0.15) is 8.99 Å². The average Bonchev–Trinajstić information content (AvgIpc) is 3.17. The molecule has 148 valence electrons. The van der Waals surface area contributed by atoms with Gasteiger partial charge in [0.05, 0.1) is 13.2 Å². The second-order valence-corrected chi connectivity index (χ2v) is 8.40. The first-order valence-corrected chi connectivity index (χ1v) is 10.6. The van der Waals surface area contributed by atoms with Gasteiger partial charge in [-0.25, -0.2) is 8.42 Å². The van der Waals surface area contributed by atoms with Crippen LogP contribution in [0.3, 0.4) is 0 Å². The summed E-state index contributed by atoms with van der Waals surface area (Å²) < 4.78 is 41.0. The molecule has 1 fully saturated rings. The lowest BCUT2D eigenvalue weighted by Crippen LogP contribution is -2.39. The van der Waals surface area contributed by atoms with Crippen LogP contribution in [-0.4, -0.2) is 59.2 Å². The zero-order valence-corrected chi connectivity index (χ0v) is 16.6. The molecule has 3 rings (SSSR count). The Bertz CT molecular complexity index is 870. The molecule has 0 aliphatic carbocycles. The number of hydrogen-bond donors (Lipinski definition) is 0. The molecule has 0 N–H and O–H groups in total. The highest BCUT2D eigenvalue weighted by Gasteiger charge is 2.32. The highest BCUT2D eigenvalue weighted by atomic mass is 32.2. The van der Waals surface area contributed by atoms with Crippen molar-refractivity contribution in [3.05, 3.63) is 18.5 Å². The summed E-state index contributed by atoms with van der Waals surface area (Å²) in [5, 5.41) is 11.2. The largest absolute Gasteiger partial charge is 0.492 e. The number of benzene rings is 1. The third-order valence-electron chi connectivity index (χ3n) is 4.46. The van der Waals surface area contributed by atoms with E-state index in [9.17, 15) is 8.42 Å². The normalized spacial score (nSPS) is 18.4. The Kier molecular flexibility index (Phi) is 5.95. The summed E-state index contributed by atoms with van der Waals surface area (Å²) in [4.78, 5) is 0.110. The van der Waals surface area contributed by atoms with Gasteiger partial charge in [-0.05, 0) is 43.0 Å². The number of tetrazole rings is 1. The number of nitrogens with zero attached hydrogens (tertiary/aromatic N) is 5. The van der Waals surface area contributed by atoms with Gasteiger partial charge in [0.2, 0.25) is 10.0 Å². The molecule has 27 heavy (non-hydrogen) atoms. The van der Waals surface area contributed by atoms with E-state index in [2.05, 4.69) is 22.4 Å². The third kappa shape index (κ3) is 4.06. The fourth-order valence-corrected chi connectivity index (χ4v) is 4.95. The third-order valence-corrected chi connectivity index (χ3v) is 6.34. The van der Waals surface area contributed by atoms with Gasteiger partial charge in [-0.15, -0.1) is 5.10 Å². The summed E-state index contributed by atoms with van der Waals surface area (Å²) in [6.07, 6.45) is 3.31. The molecular weight excluding hydrogens is 370 g/mol. The lowest BCUT2D eigenvalue weighted by Gasteiger charge is -2.30. The van der Waals surface area contributed by atoms with Gasteiger partial charge in [0.1, 0.15) is 28.4 Å². The van der Waals surface area contributed by atoms with E-state index in [1.807, 2.05) is 13.8 Å². The SMILES string of the molecule is CCOc1cc(S(=O)(=O)N2CCCC(C)C2)c(OCC)cc1-n1cnnn1. The molecule has 2 heterocycles. The van der Waals surface area contributed by atoms with E-state index in [1.54, 1.807) is 6.07 Å². The summed E-state index contributed by atoms with van der Waals surface area (Å²) in [5.74, 6) is 0.984. The van der Waals surface area contributed by atoms with Crippen LogP contribution in [0.4, 0.5) is 0 Å². The molecule has 9 nitrogen and oxygen atoms in total. The minimum absolute atomic E-state index is 0.110. The summed E-state index contributed by atoms with van der Waals surface area (Å²) in [6.45, 7) is 7.44. The van der Waals surface area contributed by atoms with Gasteiger partial charge in [0.25, 0.3) is 0 Å². The molecule has 1 aliphatic heterocycles. The molecule has 2 aromatic rings. The van der Waals surface area contributed by atoms with Crippen molar-refractivity contribution < 1.29 is 17.9 Å². The molecule has 1 saturated heterocycles. The second-order valence-electron chi connectivity index (χ2n) is 6.50. The fraction of sp³-hybridized carbons (Fsp3) is 0.588. The molecule has 10 heteroatoms. The van der Waals surface area contributed by atoms with Gasteiger partial charge in [0, 0.05) is 25.2 Å². The van der Waals surface area contributed by atoms with Crippen LogP contribution in [0.2, 0.25) is 0 Å². The van der Waals surface area contributed by atoms with Crippen molar-refractivity contribution in [3.8, 4) is 17.2 Å². The van der Waals surface area contributed by atoms with Crippen LogP contribution < -0.4 is 9.47 Å². The Morgan fingerprint density at radius 1 is 1.19 bits per heavy atom. The first kappa shape index (κ1) is 19.6. The quantitative estimate of drug-likeness (QED) is 0.706. The van der Waals surface area contributed by atoms with Gasteiger partial charge in [-0.3, -0.25) is 0 Å². The van der Waals surface area contributed by atoms with E-state index in [0.717, 1.165) is 12.8 Å². The van der Waals surface area contributed by atoms with Gasteiger partial charge >= 0.3 is 0 Å². The minimum atomic E-state index is -3.71. The number of ether oxygens (including phenoxy) is 2. The predicted molar refractivity (Wildman–Crippen MR) is 98.6 cm³/mol. The molecule has 0 saturated carbocycles. The van der Waals surface area contributed by atoms with Gasteiger partial charge < -0.3 is 9.47 Å². The van der Waals surface area contributed by atoms with E-state index in [-0.39, 0.29) is 10.6 Å². The second kappa shape index (κ2) is 8.22. The topological polar surface area (TPSA) is 99.4 Å². The lowest BCUT2D eigenvalue weighted by atomic mass is 10.0. The van der Waals surface area contributed by atoms with E-state index in [4.69, 9.17) is 9.47 Å². The number of rotatable bonds is 7. The van der Waals surface area contributed by atoms with Crippen LogP contribution in [0.25, 0.3) is 5.69 Å². The minimum Gasteiger partial charge on any atom is -0.492 e. The number of sulfonamides is 1. The van der Waals surface area contributed by atoms with Crippen LogP contribution in [-0.2, 0) is 10.0 Å². The van der Waals surface area contributed by atoms with Crippen molar-refractivity contribution >= 4 is 10.0 Å². The summed E-state index contributed by atoms with van der Waals surface area (Å²) in [5.41, 5.74) is 0.524. The van der Waals surface area contributed by atoms with Crippen molar-refractivity contribution in [2.75, 3.05) is 26.3 Å². The number of hydrogen-bond acceptors (Lipinski definition) is 7. The summed E-state index contributed by atoms with van der Waals surface area (Å²) in [6, 6.07) is 3.13. The van der Waals surface area contributed by atoms with E-state index in [0.29, 0.717) is 43.7 Å². The van der Waals surface area contributed by atoms with Crippen LogP contribution in [0.15, 0.2) is 23.4 Å². The Morgan fingerprint density at radius 3 is 2.56 bits per heavy atom. The Morgan fingerprint density at radius 2 is 1.93 bits per heavy atom. The molecule has 0 radical (unpaired) electrons. The fourth-order valence-electron chi connectivity index (χ4n) is 3.23. The van der Waals surface area contributed by atoms with Gasteiger partial charge in [0.15, 0.2) is 0 Å². The zero-order chi connectivity index (χ0) is 19.4. The Balaban J connectivity index is 2.11. The maximum Gasteiger partial charge on any atom is 0.246 e. The maximum absolute atomic E-state index is 13.3. The van der Waals surface area contributed by atoms with Crippen molar-refractivity contribution in [2.45, 2.75) is 38.5 Å². The smallest absolute Gasteiger partial charge is 0.246 e. The van der Waals surface area contributed by atoms with Crippen molar-refractivity contribution in [3.63, 3.8) is 0 Å². The van der Waals surface area contributed by atoms with Crippen molar-refractivity contribution in [1.82, 2.24) is 24.5 Å². The van der Waals surface area contributed by atoms with E-state index in [1.165, 1.54) is 21.4 Å². The molecule has 0 amide bonds. The molecule has 1 aliphatic rings. The number of piperidine rings is 1. The average molecular weight is 395 g/mol. The van der Waals surface area contributed by atoms with Crippen LogP contribution >= 0.6 is 0 Å². The van der Waals surface area contributed by atoms with Crippen molar-refractivity contribution in [2.24, 2.45) is 5.92 Å². The highest BCUT2D eigenvalue weighted by molar-refractivity contribution is 7.89. The van der Waals surface area contributed by atoms with E-state index >= 15 is 0 Å².